The van der Waals surface area contributed by atoms with Crippen LogP contribution in [0.5, 0.6) is 5.88 Å². The van der Waals surface area contributed by atoms with Gasteiger partial charge in [0.05, 0.1) is 12.0 Å². The molecule has 2 aromatic heterocycles. The number of fused-ring (bicyclic) bond motifs is 1. The van der Waals surface area contributed by atoms with Gasteiger partial charge in [-0.15, -0.1) is 11.3 Å². The number of halogens is 1. The van der Waals surface area contributed by atoms with Gasteiger partial charge in [0.15, 0.2) is 0 Å². The van der Waals surface area contributed by atoms with Crippen molar-refractivity contribution in [2.75, 3.05) is 6.61 Å². The van der Waals surface area contributed by atoms with E-state index in [4.69, 9.17) is 16.3 Å². The van der Waals surface area contributed by atoms with Crippen molar-refractivity contribution >= 4 is 33.2 Å². The second kappa shape index (κ2) is 5.63. The van der Waals surface area contributed by atoms with Crippen LogP contribution in [0.25, 0.3) is 10.2 Å². The topological polar surface area (TPSA) is 35.0 Å². The molecule has 0 aromatic carbocycles. The van der Waals surface area contributed by atoms with E-state index in [9.17, 15) is 0 Å². The van der Waals surface area contributed by atoms with Gasteiger partial charge in [0.1, 0.15) is 4.83 Å². The number of aryl methyl sites for hydroxylation is 1. The predicted octanol–water partition coefficient (Wildman–Crippen LogP) is 4.48. The first kappa shape index (κ1) is 13.1. The van der Waals surface area contributed by atoms with Crippen molar-refractivity contribution in [2.24, 2.45) is 5.92 Å². The Bertz CT molecular complexity index is 580. The van der Waals surface area contributed by atoms with Crippen LogP contribution in [0, 0.1) is 5.92 Å². The Morgan fingerprint density at radius 3 is 2.95 bits per heavy atom. The Kier molecular flexibility index (Phi) is 3.89. The molecule has 5 heteroatoms. The van der Waals surface area contributed by atoms with Crippen LogP contribution < -0.4 is 4.74 Å². The highest BCUT2D eigenvalue weighted by molar-refractivity contribution is 7.18. The fourth-order valence-corrected chi connectivity index (χ4v) is 3.48. The van der Waals surface area contributed by atoms with E-state index in [2.05, 4.69) is 23.0 Å². The number of aromatic nitrogens is 2. The van der Waals surface area contributed by atoms with Gasteiger partial charge < -0.3 is 4.74 Å². The molecule has 2 heterocycles. The maximum Gasteiger partial charge on any atom is 0.227 e. The zero-order chi connectivity index (χ0) is 13.2. The number of thiophene rings is 1. The maximum absolute atomic E-state index is 5.96. The molecule has 0 unspecified atom stereocenters. The minimum Gasteiger partial charge on any atom is -0.477 e. The Hall–Kier alpha value is -0.870. The number of nitrogens with zero attached hydrogens (tertiary/aromatic N) is 2. The van der Waals surface area contributed by atoms with Gasteiger partial charge in [0.25, 0.3) is 0 Å². The van der Waals surface area contributed by atoms with E-state index in [0.29, 0.717) is 5.88 Å². The highest BCUT2D eigenvalue weighted by atomic mass is 35.5. The molecule has 1 saturated carbocycles. The third-order valence-electron chi connectivity index (χ3n) is 3.72. The summed E-state index contributed by atoms with van der Waals surface area (Å²) in [6, 6.07) is 2.12. The molecule has 0 radical (unpaired) electrons. The first-order valence-corrected chi connectivity index (χ1v) is 8.04. The number of hydrogen-bond donors (Lipinski definition) is 0. The lowest BCUT2D eigenvalue weighted by Gasteiger charge is -2.24. The van der Waals surface area contributed by atoms with Gasteiger partial charge in [-0.05, 0) is 36.4 Å². The van der Waals surface area contributed by atoms with Gasteiger partial charge in [0, 0.05) is 4.88 Å². The molecule has 3 nitrogen and oxygen atoms in total. The molecule has 0 bridgehead atoms. The molecule has 0 N–H and O–H groups in total. The molecule has 19 heavy (non-hydrogen) atoms. The SMILES string of the molecule is CCc1cc2c(OCCC3CCC3)nc(Cl)nc2s1. The van der Waals surface area contributed by atoms with Crippen molar-refractivity contribution in [3.05, 3.63) is 16.2 Å². The van der Waals surface area contributed by atoms with Crippen LogP contribution in [0.1, 0.15) is 37.5 Å². The van der Waals surface area contributed by atoms with Gasteiger partial charge in [0.2, 0.25) is 11.2 Å². The van der Waals surface area contributed by atoms with Crippen molar-refractivity contribution in [3.63, 3.8) is 0 Å². The summed E-state index contributed by atoms with van der Waals surface area (Å²) in [5, 5.41) is 1.27. The fraction of sp³-hybridized carbons (Fsp3) is 0.571. The molecule has 3 rings (SSSR count). The summed E-state index contributed by atoms with van der Waals surface area (Å²) in [6.45, 7) is 2.86. The van der Waals surface area contributed by atoms with Crippen LogP contribution in [-0.2, 0) is 6.42 Å². The van der Waals surface area contributed by atoms with E-state index < -0.39 is 0 Å². The van der Waals surface area contributed by atoms with E-state index in [1.54, 1.807) is 11.3 Å². The normalized spacial score (nSPS) is 15.7. The summed E-state index contributed by atoms with van der Waals surface area (Å²) in [4.78, 5) is 10.7. The molecular weight excluding hydrogens is 280 g/mol. The summed E-state index contributed by atoms with van der Waals surface area (Å²) in [5.41, 5.74) is 0. The van der Waals surface area contributed by atoms with Gasteiger partial charge >= 0.3 is 0 Å². The Balaban J connectivity index is 1.77. The average Bonchev–Trinajstić information content (AvgIpc) is 2.74. The van der Waals surface area contributed by atoms with E-state index in [1.807, 2.05) is 0 Å². The lowest BCUT2D eigenvalue weighted by atomic mass is 9.83. The van der Waals surface area contributed by atoms with Crippen molar-refractivity contribution in [1.82, 2.24) is 9.97 Å². The molecule has 102 valence electrons. The standard InChI is InChI=1S/C14H17ClN2OS/c1-2-10-8-11-12(16-14(15)17-13(11)19-10)18-7-6-9-4-3-5-9/h8-9H,2-7H2,1H3. The third-order valence-corrected chi connectivity index (χ3v) is 5.06. The largest absolute Gasteiger partial charge is 0.477 e. The van der Waals surface area contributed by atoms with Gasteiger partial charge in [-0.25, -0.2) is 4.98 Å². The van der Waals surface area contributed by atoms with E-state index in [-0.39, 0.29) is 5.28 Å². The van der Waals surface area contributed by atoms with Crippen LogP contribution in [-0.4, -0.2) is 16.6 Å². The number of hydrogen-bond acceptors (Lipinski definition) is 4. The Morgan fingerprint density at radius 1 is 1.42 bits per heavy atom. The number of rotatable bonds is 5. The van der Waals surface area contributed by atoms with Crippen LogP contribution in [0.2, 0.25) is 5.28 Å². The maximum atomic E-state index is 5.96. The quantitative estimate of drug-likeness (QED) is 0.763. The highest BCUT2D eigenvalue weighted by Crippen LogP contribution is 2.33. The lowest BCUT2D eigenvalue weighted by molar-refractivity contribution is 0.219. The average molecular weight is 297 g/mol. The summed E-state index contributed by atoms with van der Waals surface area (Å²) >= 11 is 7.63. The molecule has 0 aliphatic heterocycles. The van der Waals surface area contributed by atoms with Crippen molar-refractivity contribution in [1.29, 1.82) is 0 Å². The van der Waals surface area contributed by atoms with Crippen molar-refractivity contribution in [2.45, 2.75) is 39.0 Å². The third kappa shape index (κ3) is 2.84. The first-order valence-electron chi connectivity index (χ1n) is 6.85. The van der Waals surface area contributed by atoms with E-state index in [0.717, 1.165) is 35.6 Å². The van der Waals surface area contributed by atoms with Gasteiger partial charge in [-0.2, -0.15) is 4.98 Å². The summed E-state index contributed by atoms with van der Waals surface area (Å²) < 4.78 is 5.84. The van der Waals surface area contributed by atoms with Crippen LogP contribution in [0.3, 0.4) is 0 Å². The summed E-state index contributed by atoms with van der Waals surface area (Å²) in [5.74, 6) is 1.49. The molecule has 1 aliphatic rings. The molecule has 0 spiro atoms. The Labute approximate surface area is 122 Å². The summed E-state index contributed by atoms with van der Waals surface area (Å²) in [6.07, 6.45) is 6.19. The fourth-order valence-electron chi connectivity index (χ4n) is 2.31. The molecule has 0 atom stereocenters. The second-order valence-corrected chi connectivity index (χ2v) is 6.47. The molecular formula is C14H17ClN2OS. The minimum atomic E-state index is 0.274. The van der Waals surface area contributed by atoms with Crippen molar-refractivity contribution in [3.8, 4) is 5.88 Å². The summed E-state index contributed by atoms with van der Waals surface area (Å²) in [7, 11) is 0. The molecule has 0 saturated heterocycles. The molecule has 1 fully saturated rings. The smallest absolute Gasteiger partial charge is 0.227 e. The van der Waals surface area contributed by atoms with Crippen LogP contribution >= 0.6 is 22.9 Å². The second-order valence-electron chi connectivity index (χ2n) is 5.02. The predicted molar refractivity (Wildman–Crippen MR) is 79.3 cm³/mol. The lowest BCUT2D eigenvalue weighted by Crippen LogP contribution is -2.14. The van der Waals surface area contributed by atoms with Crippen molar-refractivity contribution < 1.29 is 4.74 Å². The molecule has 1 aliphatic carbocycles. The molecule has 0 amide bonds. The molecule has 2 aromatic rings. The van der Waals surface area contributed by atoms with Crippen LogP contribution in [0.4, 0.5) is 0 Å². The van der Waals surface area contributed by atoms with Gasteiger partial charge in [-0.3, -0.25) is 0 Å². The Morgan fingerprint density at radius 2 is 2.26 bits per heavy atom. The first-order chi connectivity index (χ1) is 9.26. The van der Waals surface area contributed by atoms with Gasteiger partial charge in [-0.1, -0.05) is 26.2 Å². The zero-order valence-electron chi connectivity index (χ0n) is 11.0. The van der Waals surface area contributed by atoms with E-state index in [1.165, 1.54) is 24.1 Å². The van der Waals surface area contributed by atoms with E-state index >= 15 is 0 Å². The monoisotopic (exact) mass is 296 g/mol. The van der Waals surface area contributed by atoms with Crippen LogP contribution in [0.15, 0.2) is 6.07 Å². The zero-order valence-corrected chi connectivity index (χ0v) is 12.6. The minimum absolute atomic E-state index is 0.274. The number of ether oxygens (including phenoxy) is 1. The highest BCUT2D eigenvalue weighted by Gasteiger charge is 2.18.